The molecule has 0 amide bonds. The van der Waals surface area contributed by atoms with E-state index in [-0.39, 0.29) is 18.4 Å². The molecule has 1 N–H and O–H groups in total. The summed E-state index contributed by atoms with van der Waals surface area (Å²) >= 11 is 6.18. The summed E-state index contributed by atoms with van der Waals surface area (Å²) in [6, 6.07) is 24.4. The molecule has 3 aromatic rings. The molecule has 4 rings (SSSR count). The second-order valence-corrected chi connectivity index (χ2v) is 9.59. The van der Waals surface area contributed by atoms with E-state index >= 15 is 0 Å². The van der Waals surface area contributed by atoms with E-state index in [1.54, 1.807) is 0 Å². The third kappa shape index (κ3) is 6.69. The van der Waals surface area contributed by atoms with E-state index in [0.717, 1.165) is 43.5 Å². The summed E-state index contributed by atoms with van der Waals surface area (Å²) in [4.78, 5) is 13.8. The standard InChI is InChI=1S/C29H32ClNO3/c1-21(32)20-34-28-14-13-23-9-6-12-27(16-25(23)17-28)31(18-22-7-3-2-4-8-22)19-29(33)24-10-5-11-26(30)15-24/h2-5,7-8,10-11,13-15,17,27,29,33H,6,9,12,16,18-20H2,1H3. The topological polar surface area (TPSA) is 49.8 Å². The number of rotatable bonds is 9. The maximum atomic E-state index is 11.4. The molecule has 1 aliphatic carbocycles. The lowest BCUT2D eigenvalue weighted by Gasteiger charge is -2.33. The largest absolute Gasteiger partial charge is 0.486 e. The molecule has 0 fully saturated rings. The van der Waals surface area contributed by atoms with Crippen molar-refractivity contribution in [3.05, 3.63) is 100 Å². The van der Waals surface area contributed by atoms with Gasteiger partial charge < -0.3 is 9.84 Å². The van der Waals surface area contributed by atoms with Gasteiger partial charge in [-0.15, -0.1) is 0 Å². The number of halogens is 1. The molecule has 0 saturated carbocycles. The lowest BCUT2D eigenvalue weighted by molar-refractivity contribution is -0.118. The van der Waals surface area contributed by atoms with E-state index < -0.39 is 6.10 Å². The molecule has 34 heavy (non-hydrogen) atoms. The first kappa shape index (κ1) is 24.5. The zero-order valence-electron chi connectivity index (χ0n) is 19.6. The number of nitrogens with zero attached hydrogens (tertiary/aromatic N) is 1. The van der Waals surface area contributed by atoms with E-state index in [4.69, 9.17) is 16.3 Å². The fourth-order valence-corrected chi connectivity index (χ4v) is 4.91. The smallest absolute Gasteiger partial charge is 0.167 e. The Kier molecular flexibility index (Phi) is 8.39. The molecule has 0 bridgehead atoms. The second-order valence-electron chi connectivity index (χ2n) is 9.16. The highest BCUT2D eigenvalue weighted by atomic mass is 35.5. The van der Waals surface area contributed by atoms with E-state index in [9.17, 15) is 9.90 Å². The fourth-order valence-electron chi connectivity index (χ4n) is 4.71. The van der Waals surface area contributed by atoms with Gasteiger partial charge in [0.1, 0.15) is 12.4 Å². The first-order valence-corrected chi connectivity index (χ1v) is 12.3. The van der Waals surface area contributed by atoms with Crippen molar-refractivity contribution in [3.8, 4) is 5.75 Å². The Morgan fingerprint density at radius 2 is 1.91 bits per heavy atom. The van der Waals surface area contributed by atoms with Crippen LogP contribution in [-0.2, 0) is 24.2 Å². The number of aryl methyl sites for hydroxylation is 1. The van der Waals surface area contributed by atoms with Gasteiger partial charge in [0.15, 0.2) is 5.78 Å². The van der Waals surface area contributed by atoms with Crippen molar-refractivity contribution in [1.82, 2.24) is 4.90 Å². The van der Waals surface area contributed by atoms with Gasteiger partial charge >= 0.3 is 0 Å². The van der Waals surface area contributed by atoms with Crippen LogP contribution in [0.15, 0.2) is 72.8 Å². The van der Waals surface area contributed by atoms with Crippen molar-refractivity contribution in [2.75, 3.05) is 13.2 Å². The molecule has 178 valence electrons. The molecule has 0 radical (unpaired) electrons. The molecule has 2 unspecified atom stereocenters. The Balaban J connectivity index is 1.57. The Hall–Kier alpha value is -2.66. The van der Waals surface area contributed by atoms with E-state index in [1.165, 1.54) is 23.6 Å². The normalized spacial score (nSPS) is 16.5. The summed E-state index contributed by atoms with van der Waals surface area (Å²) < 4.78 is 5.68. The number of benzene rings is 3. The fraction of sp³-hybridized carbons (Fsp3) is 0.345. The zero-order valence-corrected chi connectivity index (χ0v) is 20.4. The third-order valence-corrected chi connectivity index (χ3v) is 6.68. The van der Waals surface area contributed by atoms with Crippen LogP contribution in [0.2, 0.25) is 5.02 Å². The van der Waals surface area contributed by atoms with Crippen LogP contribution in [0.4, 0.5) is 0 Å². The quantitative estimate of drug-likeness (QED) is 0.396. The molecule has 0 aliphatic heterocycles. The Morgan fingerprint density at radius 1 is 1.09 bits per heavy atom. The van der Waals surface area contributed by atoms with Crippen LogP contribution >= 0.6 is 11.6 Å². The van der Waals surface area contributed by atoms with Gasteiger partial charge in [-0.2, -0.15) is 0 Å². The molecule has 5 heteroatoms. The zero-order chi connectivity index (χ0) is 23.9. The number of ketones is 1. The van der Waals surface area contributed by atoms with Crippen molar-refractivity contribution < 1.29 is 14.6 Å². The summed E-state index contributed by atoms with van der Waals surface area (Å²) in [6.07, 6.45) is 3.41. The summed E-state index contributed by atoms with van der Waals surface area (Å²) in [5.74, 6) is 0.750. The van der Waals surface area contributed by atoms with E-state index in [0.29, 0.717) is 11.6 Å². The van der Waals surface area contributed by atoms with Gasteiger partial charge in [0.2, 0.25) is 0 Å². The monoisotopic (exact) mass is 477 g/mol. The first-order chi connectivity index (χ1) is 16.5. The minimum Gasteiger partial charge on any atom is -0.486 e. The third-order valence-electron chi connectivity index (χ3n) is 6.44. The van der Waals surface area contributed by atoms with Gasteiger partial charge in [-0.25, -0.2) is 0 Å². The number of ether oxygens (including phenoxy) is 1. The Bertz CT molecular complexity index is 1100. The number of aliphatic hydroxyl groups is 1. The number of fused-ring (bicyclic) bond motifs is 1. The van der Waals surface area contributed by atoms with Crippen molar-refractivity contribution in [3.63, 3.8) is 0 Å². The molecule has 0 heterocycles. The van der Waals surface area contributed by atoms with Gasteiger partial charge in [0, 0.05) is 24.2 Å². The minimum atomic E-state index is -0.629. The average Bonchev–Trinajstić information content (AvgIpc) is 3.05. The number of carbonyl (C=O) groups is 1. The summed E-state index contributed by atoms with van der Waals surface area (Å²) in [7, 11) is 0. The van der Waals surface area contributed by atoms with Gasteiger partial charge in [0.25, 0.3) is 0 Å². The first-order valence-electron chi connectivity index (χ1n) is 11.9. The molecular weight excluding hydrogens is 446 g/mol. The molecule has 0 saturated heterocycles. The molecular formula is C29H32ClNO3. The number of hydrogen-bond donors (Lipinski definition) is 1. The maximum absolute atomic E-state index is 11.4. The maximum Gasteiger partial charge on any atom is 0.167 e. The highest BCUT2D eigenvalue weighted by Gasteiger charge is 2.26. The summed E-state index contributed by atoms with van der Waals surface area (Å²) in [5.41, 5.74) is 4.66. The van der Waals surface area contributed by atoms with Crippen LogP contribution in [0, 0.1) is 0 Å². The Labute approximate surface area is 207 Å². The van der Waals surface area contributed by atoms with Crippen LogP contribution in [-0.4, -0.2) is 35.0 Å². The molecule has 4 nitrogen and oxygen atoms in total. The molecule has 1 aliphatic rings. The summed E-state index contributed by atoms with van der Waals surface area (Å²) in [6.45, 7) is 2.91. The number of aliphatic hydroxyl groups excluding tert-OH is 1. The predicted octanol–water partition coefficient (Wildman–Crippen LogP) is 5.79. The highest BCUT2D eigenvalue weighted by molar-refractivity contribution is 6.30. The SMILES string of the molecule is CC(=O)COc1ccc2c(c1)CC(N(Cc1ccccc1)CC(O)c1cccc(Cl)c1)CCC2. The van der Waals surface area contributed by atoms with Crippen molar-refractivity contribution in [2.24, 2.45) is 0 Å². The van der Waals surface area contributed by atoms with E-state index in [1.807, 2.05) is 36.4 Å². The summed E-state index contributed by atoms with van der Waals surface area (Å²) in [5, 5.41) is 11.7. The average molecular weight is 478 g/mol. The Morgan fingerprint density at radius 3 is 2.68 bits per heavy atom. The van der Waals surface area contributed by atoms with Gasteiger partial charge in [-0.1, -0.05) is 60.1 Å². The van der Waals surface area contributed by atoms with Crippen molar-refractivity contribution in [1.29, 1.82) is 0 Å². The molecule has 2 atom stereocenters. The van der Waals surface area contributed by atoms with Crippen LogP contribution < -0.4 is 4.74 Å². The van der Waals surface area contributed by atoms with Gasteiger partial charge in [-0.05, 0) is 79.1 Å². The number of carbonyl (C=O) groups excluding carboxylic acids is 1. The highest BCUT2D eigenvalue weighted by Crippen LogP contribution is 2.29. The predicted molar refractivity (Wildman–Crippen MR) is 136 cm³/mol. The second kappa shape index (κ2) is 11.7. The van der Waals surface area contributed by atoms with Crippen LogP contribution in [0.3, 0.4) is 0 Å². The molecule has 3 aromatic carbocycles. The van der Waals surface area contributed by atoms with Crippen molar-refractivity contribution >= 4 is 17.4 Å². The molecule has 0 aromatic heterocycles. The lowest BCUT2D eigenvalue weighted by atomic mass is 9.99. The van der Waals surface area contributed by atoms with Crippen LogP contribution in [0.5, 0.6) is 5.75 Å². The van der Waals surface area contributed by atoms with Gasteiger partial charge in [-0.3, -0.25) is 9.69 Å². The van der Waals surface area contributed by atoms with Crippen LogP contribution in [0.25, 0.3) is 0 Å². The van der Waals surface area contributed by atoms with E-state index in [2.05, 4.69) is 41.3 Å². The number of Topliss-reactive ketones (excluding diaryl/α,β-unsaturated/α-hetero) is 1. The van der Waals surface area contributed by atoms with Crippen LogP contribution in [0.1, 0.15) is 48.1 Å². The van der Waals surface area contributed by atoms with Gasteiger partial charge in [0.05, 0.1) is 6.10 Å². The number of hydrogen-bond acceptors (Lipinski definition) is 4. The minimum absolute atomic E-state index is 0.0110. The molecule has 0 spiro atoms. The van der Waals surface area contributed by atoms with Crippen molar-refractivity contribution in [2.45, 2.75) is 51.3 Å². The lowest BCUT2D eigenvalue weighted by Crippen LogP contribution is -2.39.